The molecule has 2 bridgehead atoms. The number of methoxy groups -OCH3 is 2. The Labute approximate surface area is 234 Å². The molecule has 40 heavy (non-hydrogen) atoms. The number of piperidine rings is 1. The lowest BCUT2D eigenvalue weighted by molar-refractivity contribution is -0.00877. The number of hydrogen-bond acceptors (Lipinski definition) is 10. The van der Waals surface area contributed by atoms with E-state index in [4.69, 9.17) is 19.9 Å². The minimum absolute atomic E-state index is 0.214. The zero-order valence-corrected chi connectivity index (χ0v) is 22.9. The molecule has 2 aromatic rings. The van der Waals surface area contributed by atoms with Crippen LogP contribution in [0, 0.1) is 16.7 Å². The third kappa shape index (κ3) is 4.94. The highest BCUT2D eigenvalue weighted by molar-refractivity contribution is 5.93. The number of pyridine rings is 2. The van der Waals surface area contributed by atoms with Crippen molar-refractivity contribution in [2.75, 3.05) is 45.3 Å². The van der Waals surface area contributed by atoms with Crippen molar-refractivity contribution in [3.8, 4) is 11.9 Å². The zero-order chi connectivity index (χ0) is 27.6. The first-order valence-corrected chi connectivity index (χ1v) is 13.7. The van der Waals surface area contributed by atoms with Gasteiger partial charge in [0.05, 0.1) is 30.2 Å². The molecule has 2 aromatic heterocycles. The van der Waals surface area contributed by atoms with Crippen LogP contribution in [-0.2, 0) is 11.3 Å². The van der Waals surface area contributed by atoms with Gasteiger partial charge in [-0.05, 0) is 36.6 Å². The van der Waals surface area contributed by atoms with E-state index in [1.165, 1.54) is 12.0 Å². The number of piperazine rings is 1. The van der Waals surface area contributed by atoms with Gasteiger partial charge >= 0.3 is 0 Å². The monoisotopic (exact) mass is 538 g/mol. The van der Waals surface area contributed by atoms with Crippen molar-refractivity contribution in [3.05, 3.63) is 77.0 Å². The molecule has 5 aliphatic rings. The average molecular weight is 539 g/mol. The molecule has 0 aromatic carbocycles. The van der Waals surface area contributed by atoms with Crippen molar-refractivity contribution in [1.82, 2.24) is 25.1 Å². The third-order valence-electron chi connectivity index (χ3n) is 8.40. The lowest BCUT2D eigenvalue weighted by Crippen LogP contribution is -2.68. The lowest BCUT2D eigenvalue weighted by Gasteiger charge is -2.56. The summed E-state index contributed by atoms with van der Waals surface area (Å²) in [5.74, 6) is 1.60. The fourth-order valence-corrected chi connectivity index (χ4v) is 6.13. The van der Waals surface area contributed by atoms with Gasteiger partial charge in [0.2, 0.25) is 5.88 Å². The van der Waals surface area contributed by atoms with Crippen molar-refractivity contribution in [2.45, 2.75) is 37.6 Å². The van der Waals surface area contributed by atoms with E-state index in [2.05, 4.69) is 55.3 Å². The molecule has 0 saturated carbocycles. The smallest absolute Gasteiger partial charge is 0.212 e. The molecule has 3 atom stereocenters. The molecule has 10 nitrogen and oxygen atoms in total. The quantitative estimate of drug-likeness (QED) is 0.387. The van der Waals surface area contributed by atoms with Crippen molar-refractivity contribution in [3.63, 3.8) is 0 Å². The number of allylic oxidation sites excluding steroid dienone is 3. The largest absolute Gasteiger partial charge is 0.481 e. The Morgan fingerprint density at radius 1 is 1.12 bits per heavy atom. The highest BCUT2D eigenvalue weighted by Crippen LogP contribution is 2.36. The Morgan fingerprint density at radius 3 is 2.60 bits per heavy atom. The van der Waals surface area contributed by atoms with E-state index < -0.39 is 0 Å². The van der Waals surface area contributed by atoms with Crippen LogP contribution >= 0.6 is 0 Å². The van der Waals surface area contributed by atoms with Crippen LogP contribution < -0.4 is 15.0 Å². The second-order valence-corrected chi connectivity index (χ2v) is 10.6. The predicted molar refractivity (Wildman–Crippen MR) is 153 cm³/mol. The minimum atomic E-state index is 0.214. The number of fused-ring (bicyclic) bond motifs is 2. The summed E-state index contributed by atoms with van der Waals surface area (Å²) in [6, 6.07) is 11.3. The maximum absolute atomic E-state index is 9.66. The van der Waals surface area contributed by atoms with E-state index in [1.54, 1.807) is 14.2 Å². The van der Waals surface area contributed by atoms with Gasteiger partial charge in [0.1, 0.15) is 11.9 Å². The second kappa shape index (κ2) is 11.1. The van der Waals surface area contributed by atoms with E-state index in [1.807, 2.05) is 24.7 Å². The second-order valence-electron chi connectivity index (χ2n) is 10.6. The van der Waals surface area contributed by atoms with E-state index >= 15 is 0 Å². The SMILES string of the molecule is COc1ccc(CN2C3CC2CN(c2ccc(C4=CC(N5CC[C@H](OC)C5)=CN/C4=C(/C#N)C=N)cn2)C3)cn1. The molecule has 7 rings (SSSR count). The first-order chi connectivity index (χ1) is 19.6. The number of anilines is 1. The first kappa shape index (κ1) is 26.0. The third-order valence-corrected chi connectivity index (χ3v) is 8.40. The van der Waals surface area contributed by atoms with Gasteiger partial charge in [0, 0.05) is 93.9 Å². The van der Waals surface area contributed by atoms with Crippen LogP contribution in [0.3, 0.4) is 0 Å². The molecule has 4 fully saturated rings. The number of nitrogens with one attached hydrogen (secondary N) is 2. The van der Waals surface area contributed by atoms with Crippen molar-refractivity contribution >= 4 is 17.6 Å². The van der Waals surface area contributed by atoms with Gasteiger partial charge in [0.15, 0.2) is 0 Å². The molecule has 5 aliphatic heterocycles. The Hall–Kier alpha value is -4.20. The molecular formula is C30H34N8O2. The Balaban J connectivity index is 1.17. The summed E-state index contributed by atoms with van der Waals surface area (Å²) in [5, 5.41) is 20.7. The van der Waals surface area contributed by atoms with E-state index in [-0.39, 0.29) is 11.7 Å². The van der Waals surface area contributed by atoms with E-state index in [9.17, 15) is 5.26 Å². The van der Waals surface area contributed by atoms with E-state index in [0.717, 1.165) is 68.0 Å². The highest BCUT2D eigenvalue weighted by atomic mass is 16.5. The highest BCUT2D eigenvalue weighted by Gasteiger charge is 2.44. The van der Waals surface area contributed by atoms with Crippen LogP contribution in [0.2, 0.25) is 0 Å². The van der Waals surface area contributed by atoms with Crippen LogP contribution in [0.25, 0.3) is 5.57 Å². The van der Waals surface area contributed by atoms with Gasteiger partial charge < -0.3 is 30.0 Å². The van der Waals surface area contributed by atoms with Crippen molar-refractivity contribution < 1.29 is 9.47 Å². The fraction of sp³-hybridized carbons (Fsp3) is 0.400. The van der Waals surface area contributed by atoms with Gasteiger partial charge in [-0.25, -0.2) is 9.97 Å². The Morgan fingerprint density at radius 2 is 1.98 bits per heavy atom. The molecule has 7 heterocycles. The van der Waals surface area contributed by atoms with Crippen LogP contribution in [0.15, 0.2) is 65.9 Å². The van der Waals surface area contributed by atoms with Crippen molar-refractivity contribution in [2.24, 2.45) is 0 Å². The number of aromatic nitrogens is 2. The molecule has 4 saturated heterocycles. The maximum atomic E-state index is 9.66. The number of ether oxygens (including phenoxy) is 2. The summed E-state index contributed by atoms with van der Waals surface area (Å²) in [6.07, 6.45) is 11.3. The standard InChI is InChI=1S/C30H34N8O2/c1-39-26-7-8-36(19-26)23-10-27(30(35-15-23)22(11-31)12-32)21-4-5-28(33-14-21)37-17-24-9-25(18-37)38(24)16-20-3-6-29(40-2)34-13-20/h3-6,10-11,13-15,24-26,31,35H,7-9,16-19H2,1-2H3/b30-22+,31-11?/t24?,25?,26-/m0/s1. The van der Waals surface area contributed by atoms with E-state index in [0.29, 0.717) is 23.7 Å². The molecule has 206 valence electrons. The summed E-state index contributed by atoms with van der Waals surface area (Å²) in [7, 11) is 3.39. The molecule has 0 amide bonds. The predicted octanol–water partition coefficient (Wildman–Crippen LogP) is 2.92. The van der Waals surface area contributed by atoms with Gasteiger partial charge in [-0.2, -0.15) is 5.26 Å². The number of likely N-dealkylation sites (tertiary alicyclic amines) is 1. The Kier molecular flexibility index (Phi) is 7.24. The van der Waals surface area contributed by atoms with Gasteiger partial charge in [-0.3, -0.25) is 4.90 Å². The van der Waals surface area contributed by atoms with Gasteiger partial charge in [-0.15, -0.1) is 0 Å². The number of nitrogens with zero attached hydrogens (tertiary/aromatic N) is 6. The molecular weight excluding hydrogens is 504 g/mol. The molecule has 0 radical (unpaired) electrons. The van der Waals surface area contributed by atoms with Gasteiger partial charge in [-0.1, -0.05) is 6.07 Å². The summed E-state index contributed by atoms with van der Waals surface area (Å²) >= 11 is 0. The van der Waals surface area contributed by atoms with Gasteiger partial charge in [0.25, 0.3) is 0 Å². The van der Waals surface area contributed by atoms with Crippen molar-refractivity contribution in [1.29, 1.82) is 10.7 Å². The lowest BCUT2D eigenvalue weighted by atomic mass is 9.87. The zero-order valence-electron chi connectivity index (χ0n) is 22.9. The van der Waals surface area contributed by atoms with Crippen LogP contribution in [0.5, 0.6) is 5.88 Å². The maximum Gasteiger partial charge on any atom is 0.212 e. The number of rotatable bonds is 8. The number of dihydropyridines is 1. The molecule has 2 unspecified atom stereocenters. The number of hydrogen-bond donors (Lipinski definition) is 2. The molecule has 0 aliphatic carbocycles. The normalized spacial score (nSPS) is 25.3. The van der Waals surface area contributed by atoms with Crippen LogP contribution in [0.1, 0.15) is 24.0 Å². The minimum Gasteiger partial charge on any atom is -0.481 e. The Bertz CT molecular complexity index is 1380. The molecule has 2 N–H and O–H groups in total. The average Bonchev–Trinajstić information content (AvgIpc) is 3.50. The topological polar surface area (TPSA) is 114 Å². The van der Waals surface area contributed by atoms with Crippen LogP contribution in [-0.4, -0.2) is 84.6 Å². The fourth-order valence-electron chi connectivity index (χ4n) is 6.13. The van der Waals surface area contributed by atoms with Crippen LogP contribution in [0.4, 0.5) is 5.82 Å². The first-order valence-electron chi connectivity index (χ1n) is 13.7. The molecule has 10 heteroatoms. The summed E-state index contributed by atoms with van der Waals surface area (Å²) in [4.78, 5) is 16.4. The summed E-state index contributed by atoms with van der Waals surface area (Å²) in [6.45, 7) is 4.51. The number of nitriles is 1. The summed E-state index contributed by atoms with van der Waals surface area (Å²) in [5.41, 5.74) is 4.91. The molecule has 0 spiro atoms. The summed E-state index contributed by atoms with van der Waals surface area (Å²) < 4.78 is 10.7.